The highest BCUT2D eigenvalue weighted by Crippen LogP contribution is 2.20. The van der Waals surface area contributed by atoms with E-state index < -0.39 is 21.8 Å². The monoisotopic (exact) mass is 430 g/mol. The number of nitrogens with one attached hydrogen (secondary N) is 4. The Bertz CT molecular complexity index is 1000. The zero-order valence-corrected chi connectivity index (χ0v) is 17.6. The van der Waals surface area contributed by atoms with Crippen LogP contribution in [0.2, 0.25) is 0 Å². The molecule has 1 aliphatic carbocycles. The van der Waals surface area contributed by atoms with Crippen molar-refractivity contribution in [3.05, 3.63) is 59.7 Å². The molecule has 1 aliphatic rings. The number of carbonyl (C=O) groups excluding carboxylic acids is 2. The summed E-state index contributed by atoms with van der Waals surface area (Å²) in [6.07, 6.45) is 3.66. The minimum atomic E-state index is -3.70. The van der Waals surface area contributed by atoms with Crippen LogP contribution in [0.25, 0.3) is 0 Å². The van der Waals surface area contributed by atoms with Gasteiger partial charge in [0.25, 0.3) is 11.8 Å². The molecule has 4 N–H and O–H groups in total. The van der Waals surface area contributed by atoms with Crippen LogP contribution in [0, 0.1) is 6.92 Å². The van der Waals surface area contributed by atoms with Gasteiger partial charge in [0.05, 0.1) is 11.4 Å². The van der Waals surface area contributed by atoms with Crippen molar-refractivity contribution in [2.45, 2.75) is 43.5 Å². The standard InChI is InChI=1S/C21H26N4O4S/c1-15-9-11-17(12-10-15)22-14-20(26)23-24-21(27)16-5-4-8-19(13-16)30(28,29)25-18-6-2-3-7-18/h4-5,8-13,18,22,25H,2-3,6-7,14H2,1H3,(H,23,26)(H,24,27). The van der Waals surface area contributed by atoms with Gasteiger partial charge in [0.2, 0.25) is 10.0 Å². The average molecular weight is 431 g/mol. The van der Waals surface area contributed by atoms with Gasteiger partial charge in [-0.15, -0.1) is 0 Å². The topological polar surface area (TPSA) is 116 Å². The van der Waals surface area contributed by atoms with Crippen molar-refractivity contribution in [1.82, 2.24) is 15.6 Å². The Hall–Kier alpha value is -2.91. The molecule has 0 aliphatic heterocycles. The van der Waals surface area contributed by atoms with E-state index in [-0.39, 0.29) is 23.0 Å². The molecule has 0 saturated heterocycles. The van der Waals surface area contributed by atoms with Gasteiger partial charge >= 0.3 is 0 Å². The number of aryl methyl sites for hydroxylation is 1. The molecule has 2 aromatic carbocycles. The first-order valence-corrected chi connectivity index (χ1v) is 11.3. The zero-order chi connectivity index (χ0) is 21.6. The van der Waals surface area contributed by atoms with Crippen LogP contribution in [0.4, 0.5) is 5.69 Å². The van der Waals surface area contributed by atoms with Gasteiger partial charge in [-0.3, -0.25) is 20.4 Å². The third-order valence-electron chi connectivity index (χ3n) is 4.90. The maximum atomic E-state index is 12.5. The number of hydrazine groups is 1. The number of hydrogen-bond acceptors (Lipinski definition) is 5. The van der Waals surface area contributed by atoms with Gasteiger partial charge in [-0.25, -0.2) is 13.1 Å². The van der Waals surface area contributed by atoms with Crippen molar-refractivity contribution in [2.75, 3.05) is 11.9 Å². The number of sulfonamides is 1. The summed E-state index contributed by atoms with van der Waals surface area (Å²) in [4.78, 5) is 24.3. The molecule has 8 nitrogen and oxygen atoms in total. The number of carbonyl (C=O) groups is 2. The molecular formula is C21H26N4O4S. The second-order valence-corrected chi connectivity index (χ2v) is 9.07. The number of anilines is 1. The highest BCUT2D eigenvalue weighted by Gasteiger charge is 2.23. The van der Waals surface area contributed by atoms with Crippen molar-refractivity contribution in [3.63, 3.8) is 0 Å². The molecule has 0 heterocycles. The summed E-state index contributed by atoms with van der Waals surface area (Å²) < 4.78 is 27.8. The van der Waals surface area contributed by atoms with Crippen LogP contribution in [0.15, 0.2) is 53.4 Å². The second kappa shape index (κ2) is 9.73. The molecule has 0 bridgehead atoms. The molecule has 160 valence electrons. The molecule has 0 radical (unpaired) electrons. The Morgan fingerprint density at radius 1 is 1.00 bits per heavy atom. The fourth-order valence-corrected chi connectivity index (χ4v) is 4.58. The molecule has 1 saturated carbocycles. The second-order valence-electron chi connectivity index (χ2n) is 7.35. The van der Waals surface area contributed by atoms with Gasteiger partial charge in [0, 0.05) is 17.3 Å². The first-order chi connectivity index (χ1) is 14.3. The Morgan fingerprint density at radius 2 is 1.70 bits per heavy atom. The van der Waals surface area contributed by atoms with Crippen LogP contribution in [0.1, 0.15) is 41.6 Å². The smallest absolute Gasteiger partial charge is 0.269 e. The lowest BCUT2D eigenvalue weighted by molar-refractivity contribution is -0.120. The number of amides is 2. The number of rotatable bonds is 7. The predicted molar refractivity (Wildman–Crippen MR) is 114 cm³/mol. The summed E-state index contributed by atoms with van der Waals surface area (Å²) in [6, 6.07) is 13.2. The van der Waals surface area contributed by atoms with Crippen LogP contribution in [0.3, 0.4) is 0 Å². The maximum Gasteiger partial charge on any atom is 0.269 e. The molecule has 1 fully saturated rings. The summed E-state index contributed by atoms with van der Waals surface area (Å²) >= 11 is 0. The van der Waals surface area contributed by atoms with E-state index in [9.17, 15) is 18.0 Å². The highest BCUT2D eigenvalue weighted by molar-refractivity contribution is 7.89. The fourth-order valence-electron chi connectivity index (χ4n) is 3.23. The van der Waals surface area contributed by atoms with E-state index in [4.69, 9.17) is 0 Å². The lowest BCUT2D eigenvalue weighted by Crippen LogP contribution is -2.44. The van der Waals surface area contributed by atoms with Gasteiger partial charge in [0.1, 0.15) is 0 Å². The summed E-state index contributed by atoms with van der Waals surface area (Å²) in [5, 5.41) is 2.95. The Balaban J connectivity index is 1.53. The molecule has 0 aromatic heterocycles. The fraction of sp³-hybridized carbons (Fsp3) is 0.333. The van der Waals surface area contributed by atoms with Crippen molar-refractivity contribution >= 4 is 27.5 Å². The largest absolute Gasteiger partial charge is 0.376 e. The third-order valence-corrected chi connectivity index (χ3v) is 6.42. The first kappa shape index (κ1) is 21.8. The van der Waals surface area contributed by atoms with Crippen LogP contribution in [-0.2, 0) is 14.8 Å². The normalized spacial score (nSPS) is 14.3. The SMILES string of the molecule is Cc1ccc(NCC(=O)NNC(=O)c2cccc(S(=O)(=O)NC3CCCC3)c2)cc1. The molecule has 2 amide bonds. The molecule has 0 unspecified atom stereocenters. The quantitative estimate of drug-likeness (QED) is 0.502. The van der Waals surface area contributed by atoms with Crippen molar-refractivity contribution in [1.29, 1.82) is 0 Å². The van der Waals surface area contributed by atoms with Gasteiger partial charge in [-0.2, -0.15) is 0 Å². The van der Waals surface area contributed by atoms with E-state index in [0.717, 1.165) is 36.9 Å². The number of hydrogen-bond donors (Lipinski definition) is 4. The molecule has 0 spiro atoms. The zero-order valence-electron chi connectivity index (χ0n) is 16.8. The molecule has 0 atom stereocenters. The van der Waals surface area contributed by atoms with Gasteiger partial charge in [-0.05, 0) is 50.1 Å². The van der Waals surface area contributed by atoms with Gasteiger partial charge in [0.15, 0.2) is 0 Å². The third kappa shape index (κ3) is 6.04. The minimum Gasteiger partial charge on any atom is -0.376 e. The summed E-state index contributed by atoms with van der Waals surface area (Å²) in [7, 11) is -3.70. The molecule has 3 rings (SSSR count). The van der Waals surface area contributed by atoms with E-state index in [2.05, 4.69) is 20.9 Å². The molecule has 2 aromatic rings. The van der Waals surface area contributed by atoms with Crippen LogP contribution < -0.4 is 20.9 Å². The van der Waals surface area contributed by atoms with E-state index in [1.807, 2.05) is 31.2 Å². The Labute approximate surface area is 176 Å². The van der Waals surface area contributed by atoms with Gasteiger partial charge < -0.3 is 5.32 Å². The average Bonchev–Trinajstić information content (AvgIpc) is 3.24. The summed E-state index contributed by atoms with van der Waals surface area (Å²) in [5.74, 6) is -1.03. The lowest BCUT2D eigenvalue weighted by atomic mass is 10.2. The van der Waals surface area contributed by atoms with E-state index in [1.54, 1.807) is 0 Å². The van der Waals surface area contributed by atoms with E-state index >= 15 is 0 Å². The van der Waals surface area contributed by atoms with Crippen molar-refractivity contribution in [3.8, 4) is 0 Å². The predicted octanol–water partition coefficient (Wildman–Crippen LogP) is 2.09. The molecule has 30 heavy (non-hydrogen) atoms. The Kier molecular flexibility index (Phi) is 7.07. The van der Waals surface area contributed by atoms with Gasteiger partial charge in [-0.1, -0.05) is 36.6 Å². The highest BCUT2D eigenvalue weighted by atomic mass is 32.2. The van der Waals surface area contributed by atoms with Crippen LogP contribution >= 0.6 is 0 Å². The van der Waals surface area contributed by atoms with E-state index in [1.165, 1.54) is 24.3 Å². The summed E-state index contributed by atoms with van der Waals surface area (Å²) in [5.41, 5.74) is 6.65. The van der Waals surface area contributed by atoms with Crippen LogP contribution in [0.5, 0.6) is 0 Å². The molecule has 9 heteroatoms. The lowest BCUT2D eigenvalue weighted by Gasteiger charge is -2.13. The number of benzene rings is 2. The first-order valence-electron chi connectivity index (χ1n) is 9.85. The maximum absolute atomic E-state index is 12.5. The molecular weight excluding hydrogens is 404 g/mol. The Morgan fingerprint density at radius 3 is 2.40 bits per heavy atom. The van der Waals surface area contributed by atoms with Crippen molar-refractivity contribution in [2.24, 2.45) is 0 Å². The minimum absolute atomic E-state index is 0.0226. The van der Waals surface area contributed by atoms with E-state index in [0.29, 0.717) is 0 Å². The summed E-state index contributed by atoms with van der Waals surface area (Å²) in [6.45, 7) is 1.94. The van der Waals surface area contributed by atoms with Crippen molar-refractivity contribution < 1.29 is 18.0 Å². The van der Waals surface area contributed by atoms with Crippen LogP contribution in [-0.4, -0.2) is 32.8 Å².